The Balaban J connectivity index is 1.92. The van der Waals surface area contributed by atoms with E-state index in [1.54, 1.807) is 0 Å². The van der Waals surface area contributed by atoms with Gasteiger partial charge in [-0.3, -0.25) is 0 Å². The summed E-state index contributed by atoms with van der Waals surface area (Å²) in [5, 5.41) is 0. The molecule has 0 saturated heterocycles. The highest BCUT2D eigenvalue weighted by Gasteiger charge is 2.38. The summed E-state index contributed by atoms with van der Waals surface area (Å²) in [6.07, 6.45) is 7.82. The number of benzene rings is 1. The van der Waals surface area contributed by atoms with Gasteiger partial charge in [0.05, 0.1) is 6.10 Å². The Bertz CT molecular complexity index is 443. The SMILES string of the molecule is Cc1ccc([C@]2(C)C=C3CCCC[C@@H]3O2)cc1. The van der Waals surface area contributed by atoms with Crippen LogP contribution in [0.15, 0.2) is 35.9 Å². The molecule has 2 aliphatic rings. The molecule has 1 aliphatic carbocycles. The largest absolute Gasteiger partial charge is 0.359 e. The van der Waals surface area contributed by atoms with Crippen LogP contribution >= 0.6 is 0 Å². The van der Waals surface area contributed by atoms with E-state index in [9.17, 15) is 0 Å². The first-order valence-electron chi connectivity index (χ1n) is 6.64. The highest BCUT2D eigenvalue weighted by molar-refractivity contribution is 5.35. The Morgan fingerprint density at radius 3 is 2.65 bits per heavy atom. The first-order chi connectivity index (χ1) is 8.17. The van der Waals surface area contributed by atoms with Crippen LogP contribution in [0.2, 0.25) is 0 Å². The number of aryl methyl sites for hydroxylation is 1. The first kappa shape index (κ1) is 11.0. The van der Waals surface area contributed by atoms with Crippen molar-refractivity contribution in [2.75, 3.05) is 0 Å². The summed E-state index contributed by atoms with van der Waals surface area (Å²) in [7, 11) is 0. The van der Waals surface area contributed by atoms with Gasteiger partial charge in [-0.05, 0) is 50.3 Å². The fourth-order valence-corrected chi connectivity index (χ4v) is 3.02. The molecular formula is C16H20O. The van der Waals surface area contributed by atoms with Crippen LogP contribution in [0.1, 0.15) is 43.7 Å². The van der Waals surface area contributed by atoms with Gasteiger partial charge in [-0.1, -0.05) is 36.2 Å². The van der Waals surface area contributed by atoms with E-state index < -0.39 is 0 Å². The molecule has 0 radical (unpaired) electrons. The van der Waals surface area contributed by atoms with Crippen LogP contribution in [0.4, 0.5) is 0 Å². The fourth-order valence-electron chi connectivity index (χ4n) is 3.02. The quantitative estimate of drug-likeness (QED) is 0.657. The third-order valence-corrected chi connectivity index (χ3v) is 4.07. The summed E-state index contributed by atoms with van der Waals surface area (Å²) in [6.45, 7) is 4.32. The number of hydrogen-bond acceptors (Lipinski definition) is 1. The Morgan fingerprint density at radius 1 is 1.18 bits per heavy atom. The lowest BCUT2D eigenvalue weighted by molar-refractivity contribution is -0.0254. The van der Waals surface area contributed by atoms with Crippen molar-refractivity contribution in [3.63, 3.8) is 0 Å². The molecular weight excluding hydrogens is 208 g/mol. The van der Waals surface area contributed by atoms with Crippen molar-refractivity contribution in [2.45, 2.75) is 51.2 Å². The normalized spacial score (nSPS) is 32.1. The minimum atomic E-state index is -0.196. The van der Waals surface area contributed by atoms with Crippen LogP contribution < -0.4 is 0 Å². The second-order valence-corrected chi connectivity index (χ2v) is 5.54. The van der Waals surface area contributed by atoms with Gasteiger partial charge in [0.25, 0.3) is 0 Å². The van der Waals surface area contributed by atoms with E-state index in [1.165, 1.54) is 42.4 Å². The molecule has 90 valence electrons. The number of ether oxygens (including phenoxy) is 1. The third kappa shape index (κ3) is 1.93. The van der Waals surface area contributed by atoms with Gasteiger partial charge in [0, 0.05) is 0 Å². The van der Waals surface area contributed by atoms with Gasteiger partial charge in [0.2, 0.25) is 0 Å². The lowest BCUT2D eigenvalue weighted by Crippen LogP contribution is -2.24. The first-order valence-corrected chi connectivity index (χ1v) is 6.64. The molecule has 1 aromatic carbocycles. The highest BCUT2D eigenvalue weighted by Crippen LogP contribution is 2.42. The van der Waals surface area contributed by atoms with Gasteiger partial charge in [-0.2, -0.15) is 0 Å². The zero-order chi connectivity index (χ0) is 11.9. The Hall–Kier alpha value is -1.08. The summed E-state index contributed by atoms with van der Waals surface area (Å²) in [6, 6.07) is 8.74. The summed E-state index contributed by atoms with van der Waals surface area (Å²) >= 11 is 0. The molecule has 0 N–H and O–H groups in total. The predicted molar refractivity (Wildman–Crippen MR) is 70.0 cm³/mol. The van der Waals surface area contributed by atoms with Crippen LogP contribution in [0.25, 0.3) is 0 Å². The van der Waals surface area contributed by atoms with Gasteiger partial charge >= 0.3 is 0 Å². The van der Waals surface area contributed by atoms with E-state index in [2.05, 4.69) is 44.2 Å². The molecule has 1 saturated carbocycles. The molecule has 17 heavy (non-hydrogen) atoms. The maximum absolute atomic E-state index is 6.29. The van der Waals surface area contributed by atoms with Gasteiger partial charge in [-0.15, -0.1) is 0 Å². The topological polar surface area (TPSA) is 9.23 Å². The Kier molecular flexibility index (Phi) is 2.59. The lowest BCUT2D eigenvalue weighted by Gasteiger charge is -2.27. The molecule has 1 nitrogen and oxygen atoms in total. The second-order valence-electron chi connectivity index (χ2n) is 5.54. The molecule has 0 amide bonds. The van der Waals surface area contributed by atoms with Crippen molar-refractivity contribution in [3.8, 4) is 0 Å². The Labute approximate surface area is 103 Å². The summed E-state index contributed by atoms with van der Waals surface area (Å²) in [4.78, 5) is 0. The van der Waals surface area contributed by atoms with Crippen molar-refractivity contribution in [1.29, 1.82) is 0 Å². The van der Waals surface area contributed by atoms with Crippen LogP contribution in [0.5, 0.6) is 0 Å². The second kappa shape index (κ2) is 3.99. The van der Waals surface area contributed by atoms with Crippen molar-refractivity contribution >= 4 is 0 Å². The summed E-state index contributed by atoms with van der Waals surface area (Å²) < 4.78 is 6.29. The van der Waals surface area contributed by atoms with Crippen molar-refractivity contribution in [2.24, 2.45) is 0 Å². The molecule has 2 atom stereocenters. The van der Waals surface area contributed by atoms with Crippen LogP contribution in [-0.2, 0) is 10.3 Å². The van der Waals surface area contributed by atoms with E-state index in [1.807, 2.05) is 0 Å². The summed E-state index contributed by atoms with van der Waals surface area (Å²) in [5.41, 5.74) is 3.92. The standard InChI is InChI=1S/C16H20O/c1-12-7-9-14(10-8-12)16(2)11-13-5-3-4-6-15(13)17-16/h7-11,15H,3-6H2,1-2H3/t15-,16-/m0/s1. The van der Waals surface area contributed by atoms with E-state index in [-0.39, 0.29) is 5.60 Å². The molecule has 3 rings (SSSR count). The molecule has 1 heteroatoms. The smallest absolute Gasteiger partial charge is 0.110 e. The Morgan fingerprint density at radius 2 is 1.94 bits per heavy atom. The van der Waals surface area contributed by atoms with Crippen LogP contribution in [0.3, 0.4) is 0 Å². The lowest BCUT2D eigenvalue weighted by atomic mass is 9.90. The third-order valence-electron chi connectivity index (χ3n) is 4.07. The van der Waals surface area contributed by atoms with E-state index in [0.717, 1.165) is 0 Å². The average molecular weight is 228 g/mol. The van der Waals surface area contributed by atoms with Gasteiger partial charge in [-0.25, -0.2) is 0 Å². The molecule has 0 bridgehead atoms. The minimum absolute atomic E-state index is 0.196. The van der Waals surface area contributed by atoms with Crippen LogP contribution in [0, 0.1) is 6.92 Å². The number of hydrogen-bond donors (Lipinski definition) is 0. The van der Waals surface area contributed by atoms with Crippen molar-refractivity contribution in [1.82, 2.24) is 0 Å². The van der Waals surface area contributed by atoms with Gasteiger partial charge in [0.1, 0.15) is 5.60 Å². The van der Waals surface area contributed by atoms with E-state index in [0.29, 0.717) is 6.10 Å². The average Bonchev–Trinajstić information content (AvgIpc) is 2.67. The van der Waals surface area contributed by atoms with Crippen molar-refractivity contribution in [3.05, 3.63) is 47.0 Å². The zero-order valence-electron chi connectivity index (χ0n) is 10.7. The molecule has 1 fully saturated rings. The molecule has 1 aliphatic heterocycles. The predicted octanol–water partition coefficient (Wildman–Crippen LogP) is 4.11. The van der Waals surface area contributed by atoms with Crippen LogP contribution in [-0.4, -0.2) is 6.10 Å². The van der Waals surface area contributed by atoms with E-state index in [4.69, 9.17) is 4.74 Å². The maximum atomic E-state index is 6.29. The van der Waals surface area contributed by atoms with Crippen molar-refractivity contribution < 1.29 is 4.74 Å². The number of fused-ring (bicyclic) bond motifs is 1. The fraction of sp³-hybridized carbons (Fsp3) is 0.500. The molecule has 0 spiro atoms. The zero-order valence-corrected chi connectivity index (χ0v) is 10.7. The highest BCUT2D eigenvalue weighted by atomic mass is 16.5. The van der Waals surface area contributed by atoms with Gasteiger partial charge < -0.3 is 4.74 Å². The maximum Gasteiger partial charge on any atom is 0.110 e. The molecule has 1 aromatic rings. The molecule has 0 aromatic heterocycles. The van der Waals surface area contributed by atoms with Gasteiger partial charge in [0.15, 0.2) is 0 Å². The monoisotopic (exact) mass is 228 g/mol. The molecule has 0 unspecified atom stereocenters. The van der Waals surface area contributed by atoms with E-state index >= 15 is 0 Å². The summed E-state index contributed by atoms with van der Waals surface area (Å²) in [5.74, 6) is 0. The number of rotatable bonds is 1. The minimum Gasteiger partial charge on any atom is -0.359 e. The molecule has 1 heterocycles.